The van der Waals surface area contributed by atoms with E-state index in [1.807, 2.05) is 7.16 Å². The molecule has 0 N–H and O–H groups in total. The molecular weight excluding hydrogens is 789 g/mol. The molecule has 0 atom stereocenters. The molecule has 0 nitrogen and oxygen atoms in total. The zero-order valence-corrected chi connectivity index (χ0v) is 34.3. The van der Waals surface area contributed by atoms with E-state index in [0.717, 1.165) is 0 Å². The van der Waals surface area contributed by atoms with Gasteiger partial charge in [-0.3, -0.25) is 0 Å². The van der Waals surface area contributed by atoms with Crippen LogP contribution in [0.15, 0.2) is 36.4 Å². The fourth-order valence-electron chi connectivity index (χ4n) is 5.50. The normalized spacial score (nSPS) is 11.7. The van der Waals surface area contributed by atoms with Crippen LogP contribution in [0, 0.1) is 0 Å². The zero-order chi connectivity index (χ0) is 27.7. The number of rotatable bonds is 21. The van der Waals surface area contributed by atoms with Crippen LogP contribution in [0.1, 0.15) is 123 Å². The predicted octanol–water partition coefficient (Wildman–Crippen LogP) is 9.32. The van der Waals surface area contributed by atoms with Gasteiger partial charge in [-0.2, -0.15) is 0 Å². The van der Waals surface area contributed by atoms with Crippen LogP contribution in [0.5, 0.6) is 0 Å². The molecule has 0 amide bonds. The second-order valence-electron chi connectivity index (χ2n) is 11.5. The van der Waals surface area contributed by atoms with Crippen molar-refractivity contribution in [2.24, 2.45) is 0 Å². The van der Waals surface area contributed by atoms with Gasteiger partial charge in [-0.15, -0.1) is 0 Å². The van der Waals surface area contributed by atoms with Crippen molar-refractivity contribution >= 4 is 95.7 Å². The Bertz CT molecular complexity index is 1100. The summed E-state index contributed by atoms with van der Waals surface area (Å²) in [5.74, 6) is 0. The fourth-order valence-corrected chi connectivity index (χ4v) is 19.8. The van der Waals surface area contributed by atoms with Gasteiger partial charge in [0.15, 0.2) is 0 Å². The Hall–Kier alpha value is 0.576. The van der Waals surface area contributed by atoms with Crippen LogP contribution >= 0.6 is 0 Å². The molecule has 210 valence electrons. The molecule has 0 aromatic heterocycles. The molecule has 0 unspecified atom stereocenters. The van der Waals surface area contributed by atoms with Crippen molar-refractivity contribution < 1.29 is 0 Å². The van der Waals surface area contributed by atoms with Crippen LogP contribution in [-0.2, 0) is 6.42 Å². The van der Waals surface area contributed by atoms with E-state index >= 15 is 0 Å². The Morgan fingerprint density at radius 2 is 0.769 bits per heavy atom. The molecule has 0 bridgehead atoms. The second-order valence-corrected chi connectivity index (χ2v) is 23.4. The average molecular weight is 843 g/mol. The standard InChI is InChI=1S/C18H15.3C6H13.3Sn/c1-2-3-6-14-9-10-17-12-15-7-4-5-8-16(15)13-18(17)11-14;3*1-3-5-6-4-2;;;/h7-8,10-13H,2-3,6H2,1H3;3*1,3-6H2,2H3;;;. The van der Waals surface area contributed by atoms with Crippen molar-refractivity contribution in [3.05, 3.63) is 42.0 Å². The summed E-state index contributed by atoms with van der Waals surface area (Å²) < 4.78 is 10.2. The maximum absolute atomic E-state index is 2.71. The third-order valence-electron chi connectivity index (χ3n) is 7.99. The third-order valence-corrected chi connectivity index (χ3v) is 22.1. The Kier molecular flexibility index (Phi) is 17.9. The van der Waals surface area contributed by atoms with Crippen molar-refractivity contribution in [2.45, 2.75) is 137 Å². The Morgan fingerprint density at radius 3 is 1.21 bits per heavy atom. The predicted molar refractivity (Wildman–Crippen MR) is 183 cm³/mol. The molecule has 0 aliphatic rings. The molecule has 3 rings (SSSR count). The van der Waals surface area contributed by atoms with Gasteiger partial charge in [0.05, 0.1) is 0 Å². The summed E-state index contributed by atoms with van der Waals surface area (Å²) in [6.45, 7) is 9.35. The zero-order valence-electron chi connectivity index (χ0n) is 25.7. The Morgan fingerprint density at radius 1 is 0.385 bits per heavy atom. The van der Waals surface area contributed by atoms with E-state index in [2.05, 4.69) is 64.1 Å². The van der Waals surface area contributed by atoms with Gasteiger partial charge in [-0.25, -0.2) is 0 Å². The number of hydrogen-bond donors (Lipinski definition) is 0. The monoisotopic (exact) mass is 846 g/mol. The summed E-state index contributed by atoms with van der Waals surface area (Å²) in [6, 6.07) is 15.9. The average Bonchev–Trinajstić information content (AvgIpc) is 2.94. The van der Waals surface area contributed by atoms with Gasteiger partial charge in [0.25, 0.3) is 0 Å². The van der Waals surface area contributed by atoms with Gasteiger partial charge >= 0.3 is 275 Å². The SMILES string of the molecule is CCCCC[CH2][Sn][c]1cc2cc3c[c]([Sn][CH2]CCCCC)[c]([Sn][CH2]CCCCC)cc3cc2cc1CCCC. The summed E-state index contributed by atoms with van der Waals surface area (Å²) in [5.41, 5.74) is 1.70. The van der Waals surface area contributed by atoms with Gasteiger partial charge in [0.2, 0.25) is 0 Å². The number of benzene rings is 3. The topological polar surface area (TPSA) is 0 Å². The number of hydrogen-bond acceptors (Lipinski definition) is 0. The first-order chi connectivity index (χ1) is 19.2. The molecule has 0 saturated carbocycles. The summed E-state index contributed by atoms with van der Waals surface area (Å²) in [6.07, 6.45) is 21.0. The van der Waals surface area contributed by atoms with E-state index in [9.17, 15) is 0 Å². The van der Waals surface area contributed by atoms with Crippen LogP contribution in [0.25, 0.3) is 21.5 Å². The van der Waals surface area contributed by atoms with Crippen molar-refractivity contribution in [2.75, 3.05) is 0 Å². The first kappa shape index (κ1) is 34.1. The number of aryl methyl sites for hydroxylation is 1. The van der Waals surface area contributed by atoms with E-state index in [-0.39, 0.29) is 0 Å². The first-order valence-corrected chi connectivity index (χ1v) is 26.8. The Labute approximate surface area is 272 Å². The summed E-state index contributed by atoms with van der Waals surface area (Å²) in [5, 5.41) is 6.12. The van der Waals surface area contributed by atoms with Gasteiger partial charge in [0, 0.05) is 0 Å². The van der Waals surface area contributed by atoms with Gasteiger partial charge in [0.1, 0.15) is 0 Å². The quantitative estimate of drug-likeness (QED) is 0.0571. The van der Waals surface area contributed by atoms with Gasteiger partial charge in [-0.1, -0.05) is 0 Å². The first-order valence-electron chi connectivity index (χ1n) is 16.5. The number of unbranched alkanes of at least 4 members (excludes halogenated alkanes) is 10. The molecule has 0 heterocycles. The fraction of sp³-hybridized carbons (Fsp3) is 0.611. The van der Waals surface area contributed by atoms with Crippen molar-refractivity contribution in [3.8, 4) is 0 Å². The molecule has 3 aromatic carbocycles. The number of fused-ring (bicyclic) bond motifs is 2. The van der Waals surface area contributed by atoms with E-state index in [1.54, 1.807) is 23.4 Å². The van der Waals surface area contributed by atoms with Crippen LogP contribution in [0.4, 0.5) is 0 Å². The van der Waals surface area contributed by atoms with Crippen LogP contribution in [-0.4, -0.2) is 63.4 Å². The minimum atomic E-state index is -0.491. The van der Waals surface area contributed by atoms with Crippen LogP contribution < -0.4 is 10.7 Å². The molecule has 0 saturated heterocycles. The van der Waals surface area contributed by atoms with Crippen molar-refractivity contribution in [3.63, 3.8) is 0 Å². The molecule has 3 heteroatoms. The van der Waals surface area contributed by atoms with Crippen molar-refractivity contribution in [1.29, 1.82) is 0 Å². The molecule has 39 heavy (non-hydrogen) atoms. The summed E-state index contributed by atoms with van der Waals surface area (Å²) >= 11 is -1.43. The molecule has 6 radical (unpaired) electrons. The van der Waals surface area contributed by atoms with E-state index in [4.69, 9.17) is 0 Å². The van der Waals surface area contributed by atoms with Crippen molar-refractivity contribution in [1.82, 2.24) is 0 Å². The van der Waals surface area contributed by atoms with E-state index < -0.39 is 63.4 Å². The molecular formula is C36H54Sn3. The van der Waals surface area contributed by atoms with Crippen LogP contribution in [0.3, 0.4) is 0 Å². The molecule has 0 aliphatic heterocycles. The minimum absolute atomic E-state index is 0.467. The summed E-state index contributed by atoms with van der Waals surface area (Å²) in [4.78, 5) is 0. The van der Waals surface area contributed by atoms with Crippen LogP contribution in [0.2, 0.25) is 13.3 Å². The maximum atomic E-state index is 2.71. The second kappa shape index (κ2) is 20.5. The molecule has 0 spiro atoms. The molecule has 0 fully saturated rings. The van der Waals surface area contributed by atoms with Gasteiger partial charge < -0.3 is 0 Å². The van der Waals surface area contributed by atoms with Gasteiger partial charge in [-0.05, 0) is 0 Å². The summed E-state index contributed by atoms with van der Waals surface area (Å²) in [7, 11) is 0. The van der Waals surface area contributed by atoms with E-state index in [1.165, 1.54) is 117 Å². The third kappa shape index (κ3) is 12.0. The molecule has 3 aromatic rings. The molecule has 0 aliphatic carbocycles. The van der Waals surface area contributed by atoms with E-state index in [0.29, 0.717) is 0 Å². The Balaban J connectivity index is 1.88.